The lowest BCUT2D eigenvalue weighted by atomic mass is 9.90. The smallest absolute Gasteiger partial charge is 0.416 e. The SMILES string of the molecule is CC(C)(C)CCOc1cc(C(F)(F)F)cc(C(C)(C)C)n1. The summed E-state index contributed by atoms with van der Waals surface area (Å²) in [5.41, 5.74) is -0.742. The van der Waals surface area contributed by atoms with Gasteiger partial charge in [-0.3, -0.25) is 0 Å². The molecule has 0 bridgehead atoms. The summed E-state index contributed by atoms with van der Waals surface area (Å²) in [6, 6.07) is 2.06. The number of ether oxygens (including phenoxy) is 1. The normalized spacial score (nSPS) is 13.4. The fraction of sp³-hybridized carbons (Fsp3) is 0.688. The van der Waals surface area contributed by atoms with Gasteiger partial charge in [0.15, 0.2) is 0 Å². The minimum Gasteiger partial charge on any atom is -0.478 e. The van der Waals surface area contributed by atoms with E-state index in [1.165, 1.54) is 0 Å². The topological polar surface area (TPSA) is 22.1 Å². The van der Waals surface area contributed by atoms with E-state index in [1.807, 2.05) is 20.8 Å². The molecule has 0 spiro atoms. The molecule has 0 saturated carbocycles. The number of hydrogen-bond acceptors (Lipinski definition) is 2. The molecule has 0 atom stereocenters. The summed E-state index contributed by atoms with van der Waals surface area (Å²) in [5, 5.41) is 0. The highest BCUT2D eigenvalue weighted by Crippen LogP contribution is 2.34. The van der Waals surface area contributed by atoms with E-state index in [-0.39, 0.29) is 11.3 Å². The predicted molar refractivity (Wildman–Crippen MR) is 77.5 cm³/mol. The standard InChI is InChI=1S/C16H24F3NO/c1-14(2,3)7-8-21-13-10-11(16(17,18)19)9-12(20-13)15(4,5)6/h9-10H,7-8H2,1-6H3. The summed E-state index contributed by atoms with van der Waals surface area (Å²) >= 11 is 0. The van der Waals surface area contributed by atoms with Gasteiger partial charge in [0.05, 0.1) is 17.9 Å². The Balaban J connectivity index is 3.03. The Hall–Kier alpha value is -1.26. The minimum atomic E-state index is -4.40. The zero-order valence-corrected chi connectivity index (χ0v) is 13.6. The molecule has 0 aliphatic heterocycles. The van der Waals surface area contributed by atoms with Crippen molar-refractivity contribution in [3.05, 3.63) is 23.4 Å². The number of aromatic nitrogens is 1. The van der Waals surface area contributed by atoms with Crippen molar-refractivity contribution in [2.75, 3.05) is 6.61 Å². The Morgan fingerprint density at radius 2 is 1.57 bits per heavy atom. The average molecular weight is 303 g/mol. The van der Waals surface area contributed by atoms with Gasteiger partial charge in [-0.2, -0.15) is 13.2 Å². The van der Waals surface area contributed by atoms with Gasteiger partial charge >= 0.3 is 6.18 Å². The van der Waals surface area contributed by atoms with Crippen LogP contribution in [0.5, 0.6) is 5.88 Å². The van der Waals surface area contributed by atoms with E-state index < -0.39 is 17.2 Å². The summed E-state index contributed by atoms with van der Waals surface area (Å²) in [4.78, 5) is 4.22. The van der Waals surface area contributed by atoms with Crippen molar-refractivity contribution < 1.29 is 17.9 Å². The van der Waals surface area contributed by atoms with Crippen molar-refractivity contribution in [3.63, 3.8) is 0 Å². The minimum absolute atomic E-state index is 0.0407. The molecule has 0 aromatic carbocycles. The first-order valence-electron chi connectivity index (χ1n) is 7.02. The lowest BCUT2D eigenvalue weighted by molar-refractivity contribution is -0.137. The molecule has 120 valence electrons. The predicted octanol–water partition coefficient (Wildman–Crippen LogP) is 5.21. The molecule has 1 aromatic heterocycles. The lowest BCUT2D eigenvalue weighted by Crippen LogP contribution is -2.18. The first-order chi connectivity index (χ1) is 9.29. The van der Waals surface area contributed by atoms with E-state index in [1.54, 1.807) is 0 Å². The Morgan fingerprint density at radius 1 is 1.00 bits per heavy atom. The molecular formula is C16H24F3NO. The van der Waals surface area contributed by atoms with Crippen molar-refractivity contribution in [3.8, 4) is 5.88 Å². The van der Waals surface area contributed by atoms with Crippen LogP contribution < -0.4 is 4.74 Å². The van der Waals surface area contributed by atoms with Gasteiger partial charge in [-0.05, 0) is 17.9 Å². The fourth-order valence-corrected chi connectivity index (χ4v) is 1.59. The van der Waals surface area contributed by atoms with Crippen molar-refractivity contribution in [2.45, 2.75) is 59.6 Å². The van der Waals surface area contributed by atoms with Crippen molar-refractivity contribution in [2.24, 2.45) is 5.41 Å². The number of nitrogens with zero attached hydrogens (tertiary/aromatic N) is 1. The molecule has 0 amide bonds. The van der Waals surface area contributed by atoms with Crippen LogP contribution in [0.2, 0.25) is 0 Å². The second-order valence-electron chi connectivity index (χ2n) is 7.49. The van der Waals surface area contributed by atoms with E-state index >= 15 is 0 Å². The summed E-state index contributed by atoms with van der Waals surface area (Å²) in [6.07, 6.45) is -3.65. The van der Waals surface area contributed by atoms with Gasteiger partial charge in [-0.25, -0.2) is 4.98 Å². The maximum atomic E-state index is 13.0. The first-order valence-corrected chi connectivity index (χ1v) is 7.02. The molecule has 0 aliphatic carbocycles. The molecule has 1 rings (SSSR count). The number of halogens is 3. The summed E-state index contributed by atoms with van der Waals surface area (Å²) < 4.78 is 44.3. The maximum Gasteiger partial charge on any atom is 0.416 e. The number of alkyl halides is 3. The van der Waals surface area contributed by atoms with Crippen LogP contribution in [-0.4, -0.2) is 11.6 Å². The van der Waals surface area contributed by atoms with E-state index in [2.05, 4.69) is 25.8 Å². The van der Waals surface area contributed by atoms with Gasteiger partial charge in [-0.1, -0.05) is 41.5 Å². The van der Waals surface area contributed by atoms with E-state index in [0.29, 0.717) is 12.3 Å². The van der Waals surface area contributed by atoms with Gasteiger partial charge in [0.25, 0.3) is 0 Å². The van der Waals surface area contributed by atoms with Gasteiger partial charge < -0.3 is 4.74 Å². The zero-order valence-electron chi connectivity index (χ0n) is 13.6. The van der Waals surface area contributed by atoms with E-state index in [9.17, 15) is 13.2 Å². The molecule has 0 radical (unpaired) electrons. The molecular weight excluding hydrogens is 279 g/mol. The first kappa shape index (κ1) is 17.8. The molecule has 2 nitrogen and oxygen atoms in total. The summed E-state index contributed by atoms with van der Waals surface area (Å²) in [7, 11) is 0. The molecule has 1 aromatic rings. The molecule has 5 heteroatoms. The van der Waals surface area contributed by atoms with Crippen LogP contribution >= 0.6 is 0 Å². The molecule has 0 N–H and O–H groups in total. The average Bonchev–Trinajstić information content (AvgIpc) is 2.24. The van der Waals surface area contributed by atoms with Crippen LogP contribution in [0, 0.1) is 5.41 Å². The third-order valence-electron chi connectivity index (χ3n) is 3.00. The van der Waals surface area contributed by atoms with Crippen LogP contribution in [0.25, 0.3) is 0 Å². The highest BCUT2D eigenvalue weighted by molar-refractivity contribution is 5.30. The lowest BCUT2D eigenvalue weighted by Gasteiger charge is -2.22. The largest absolute Gasteiger partial charge is 0.478 e. The number of hydrogen-bond donors (Lipinski definition) is 0. The van der Waals surface area contributed by atoms with Crippen LogP contribution in [0.3, 0.4) is 0 Å². The maximum absolute atomic E-state index is 13.0. The number of rotatable bonds is 3. The third-order valence-corrected chi connectivity index (χ3v) is 3.00. The Labute approximate surface area is 124 Å². The molecule has 0 aliphatic rings. The molecule has 0 saturated heterocycles. The molecule has 0 unspecified atom stereocenters. The van der Waals surface area contributed by atoms with Crippen molar-refractivity contribution >= 4 is 0 Å². The van der Waals surface area contributed by atoms with Gasteiger partial charge in [0, 0.05) is 11.5 Å². The quantitative estimate of drug-likeness (QED) is 0.764. The Bertz CT molecular complexity index is 450. The molecule has 21 heavy (non-hydrogen) atoms. The van der Waals surface area contributed by atoms with Crippen LogP contribution in [-0.2, 0) is 11.6 Å². The van der Waals surface area contributed by atoms with Crippen LogP contribution in [0.15, 0.2) is 12.1 Å². The molecule has 0 fully saturated rings. The second-order valence-corrected chi connectivity index (χ2v) is 7.49. The van der Waals surface area contributed by atoms with Crippen LogP contribution in [0.1, 0.15) is 59.2 Å². The van der Waals surface area contributed by atoms with Crippen LogP contribution in [0.4, 0.5) is 13.2 Å². The highest BCUT2D eigenvalue weighted by Gasteiger charge is 2.33. The Kier molecular flexibility index (Phi) is 4.96. The summed E-state index contributed by atoms with van der Waals surface area (Å²) in [5.74, 6) is 0.0407. The van der Waals surface area contributed by atoms with E-state index in [0.717, 1.165) is 18.6 Å². The van der Waals surface area contributed by atoms with Gasteiger partial charge in [-0.15, -0.1) is 0 Å². The third kappa shape index (κ3) is 5.94. The fourth-order valence-electron chi connectivity index (χ4n) is 1.59. The number of pyridine rings is 1. The molecule has 1 heterocycles. The highest BCUT2D eigenvalue weighted by atomic mass is 19.4. The Morgan fingerprint density at radius 3 is 2.00 bits per heavy atom. The van der Waals surface area contributed by atoms with Crippen molar-refractivity contribution in [1.29, 1.82) is 0 Å². The van der Waals surface area contributed by atoms with Gasteiger partial charge in [0.2, 0.25) is 5.88 Å². The second kappa shape index (κ2) is 5.85. The van der Waals surface area contributed by atoms with Gasteiger partial charge in [0.1, 0.15) is 0 Å². The zero-order chi connectivity index (χ0) is 16.5. The van der Waals surface area contributed by atoms with E-state index in [4.69, 9.17) is 4.74 Å². The summed E-state index contributed by atoms with van der Waals surface area (Å²) in [6.45, 7) is 12.0. The monoisotopic (exact) mass is 303 g/mol. The van der Waals surface area contributed by atoms with Crippen molar-refractivity contribution in [1.82, 2.24) is 4.98 Å².